The largest absolute Gasteiger partial charge is 0.321 e. The molecule has 0 aliphatic heterocycles. The van der Waals surface area contributed by atoms with E-state index in [2.05, 4.69) is 4.98 Å². The van der Waals surface area contributed by atoms with Crippen LogP contribution in [0.2, 0.25) is 5.02 Å². The maximum Gasteiger partial charge on any atom is 0.0624 e. The van der Waals surface area contributed by atoms with Crippen LogP contribution in [0.15, 0.2) is 12.4 Å². The molecule has 0 atom stereocenters. The molecule has 0 aromatic carbocycles. The summed E-state index contributed by atoms with van der Waals surface area (Å²) in [4.78, 5) is 4.11. The molecule has 1 heterocycles. The van der Waals surface area contributed by atoms with E-state index in [0.717, 1.165) is 30.2 Å². The molecule has 3 heteroatoms. The summed E-state index contributed by atoms with van der Waals surface area (Å²) in [6.07, 6.45) is 6.92. The lowest BCUT2D eigenvalue weighted by molar-refractivity contribution is 0.125. The summed E-state index contributed by atoms with van der Waals surface area (Å²) in [7, 11) is 0. The van der Waals surface area contributed by atoms with Crippen LogP contribution in [-0.4, -0.2) is 4.98 Å². The molecule has 2 bridgehead atoms. The molecule has 1 aromatic heterocycles. The standard InChI is InChI=1S/C10H11ClN2/c11-9-5-13-4-8-7(9)1-6-2-10(8,12)3-6/h4-6H,1-3,12H2. The molecule has 0 unspecified atom stereocenters. The molecule has 13 heavy (non-hydrogen) atoms. The summed E-state index contributed by atoms with van der Waals surface area (Å²) in [5, 5.41) is 0.789. The maximum absolute atomic E-state index is 6.23. The van der Waals surface area contributed by atoms with Crippen LogP contribution in [0.5, 0.6) is 0 Å². The Kier molecular flexibility index (Phi) is 1.35. The Morgan fingerprint density at radius 1 is 1.46 bits per heavy atom. The first-order valence-electron chi connectivity index (χ1n) is 4.61. The van der Waals surface area contributed by atoms with Crippen LogP contribution in [0.1, 0.15) is 24.0 Å². The Hall–Kier alpha value is -0.600. The number of hydrogen-bond acceptors (Lipinski definition) is 2. The molecule has 68 valence electrons. The van der Waals surface area contributed by atoms with Gasteiger partial charge in [-0.3, -0.25) is 4.98 Å². The summed E-state index contributed by atoms with van der Waals surface area (Å²) >= 11 is 6.07. The zero-order valence-electron chi connectivity index (χ0n) is 7.26. The van der Waals surface area contributed by atoms with Crippen molar-refractivity contribution in [2.75, 3.05) is 0 Å². The molecule has 2 nitrogen and oxygen atoms in total. The molecule has 2 N–H and O–H groups in total. The van der Waals surface area contributed by atoms with Crippen molar-refractivity contribution >= 4 is 11.6 Å². The van der Waals surface area contributed by atoms with E-state index >= 15 is 0 Å². The first kappa shape index (κ1) is 7.77. The molecule has 3 aliphatic carbocycles. The van der Waals surface area contributed by atoms with Crippen LogP contribution < -0.4 is 5.73 Å². The number of rotatable bonds is 0. The Morgan fingerprint density at radius 2 is 2.23 bits per heavy atom. The van der Waals surface area contributed by atoms with E-state index in [9.17, 15) is 0 Å². The lowest BCUT2D eigenvalue weighted by Gasteiger charge is -2.51. The summed E-state index contributed by atoms with van der Waals surface area (Å²) in [5.41, 5.74) is 8.55. The van der Waals surface area contributed by atoms with Crippen LogP contribution in [0.4, 0.5) is 0 Å². The lowest BCUT2D eigenvalue weighted by atomic mass is 9.58. The molecule has 0 radical (unpaired) electrons. The van der Waals surface area contributed by atoms with E-state index in [4.69, 9.17) is 17.3 Å². The predicted octanol–water partition coefficient (Wildman–Crippen LogP) is 1.86. The monoisotopic (exact) mass is 194 g/mol. The number of pyridine rings is 1. The van der Waals surface area contributed by atoms with E-state index in [1.165, 1.54) is 11.1 Å². The highest BCUT2D eigenvalue weighted by Crippen LogP contribution is 2.52. The van der Waals surface area contributed by atoms with Gasteiger partial charge >= 0.3 is 0 Å². The number of nitrogens with two attached hydrogens (primary N) is 1. The third-order valence-corrected chi connectivity index (χ3v) is 3.67. The average Bonchev–Trinajstić information content (AvgIpc) is 2.04. The molecule has 0 amide bonds. The van der Waals surface area contributed by atoms with Crippen molar-refractivity contribution in [3.8, 4) is 0 Å². The fourth-order valence-electron chi connectivity index (χ4n) is 2.72. The number of nitrogens with zero attached hydrogens (tertiary/aromatic N) is 1. The van der Waals surface area contributed by atoms with Crippen molar-refractivity contribution in [3.63, 3.8) is 0 Å². The third kappa shape index (κ3) is 0.903. The second-order valence-electron chi connectivity index (χ2n) is 4.28. The first-order valence-corrected chi connectivity index (χ1v) is 4.98. The Balaban J connectivity index is 2.23. The second-order valence-corrected chi connectivity index (χ2v) is 4.69. The van der Waals surface area contributed by atoms with Gasteiger partial charge in [0.2, 0.25) is 0 Å². The molecule has 0 spiro atoms. The van der Waals surface area contributed by atoms with E-state index in [1.807, 2.05) is 6.20 Å². The number of aromatic nitrogens is 1. The average molecular weight is 195 g/mol. The van der Waals surface area contributed by atoms with Gasteiger partial charge in [0.15, 0.2) is 0 Å². The van der Waals surface area contributed by atoms with Crippen molar-refractivity contribution in [2.45, 2.75) is 24.8 Å². The van der Waals surface area contributed by atoms with Crippen LogP contribution in [0.3, 0.4) is 0 Å². The van der Waals surface area contributed by atoms with Gasteiger partial charge in [0, 0.05) is 17.9 Å². The molecule has 4 rings (SSSR count). The van der Waals surface area contributed by atoms with Crippen LogP contribution in [-0.2, 0) is 12.0 Å². The highest BCUT2D eigenvalue weighted by atomic mass is 35.5. The molecule has 1 saturated carbocycles. The summed E-state index contributed by atoms with van der Waals surface area (Å²) in [5.74, 6) is 0.761. The van der Waals surface area contributed by atoms with E-state index < -0.39 is 0 Å². The lowest BCUT2D eigenvalue weighted by Crippen LogP contribution is -2.53. The van der Waals surface area contributed by atoms with Gasteiger partial charge in [-0.1, -0.05) is 11.6 Å². The minimum absolute atomic E-state index is 0.101. The molecule has 1 fully saturated rings. The van der Waals surface area contributed by atoms with Gasteiger partial charge in [0.25, 0.3) is 0 Å². The van der Waals surface area contributed by atoms with Crippen molar-refractivity contribution in [1.29, 1.82) is 0 Å². The van der Waals surface area contributed by atoms with Crippen molar-refractivity contribution in [1.82, 2.24) is 4.98 Å². The molecule has 3 aliphatic rings. The second kappa shape index (κ2) is 2.25. The highest BCUT2D eigenvalue weighted by molar-refractivity contribution is 6.31. The van der Waals surface area contributed by atoms with Gasteiger partial charge in [0.05, 0.1) is 5.02 Å². The molecule has 0 saturated heterocycles. The predicted molar refractivity (Wildman–Crippen MR) is 51.5 cm³/mol. The zero-order chi connectivity index (χ0) is 9.05. The first-order chi connectivity index (χ1) is 6.19. The highest BCUT2D eigenvalue weighted by Gasteiger charge is 2.48. The SMILES string of the molecule is NC12CC(Cc3c(Cl)cncc31)C2. The third-order valence-electron chi connectivity index (χ3n) is 3.34. The van der Waals surface area contributed by atoms with Gasteiger partial charge in [-0.05, 0) is 36.3 Å². The van der Waals surface area contributed by atoms with Gasteiger partial charge in [-0.15, -0.1) is 0 Å². The van der Waals surface area contributed by atoms with E-state index in [1.54, 1.807) is 6.20 Å². The number of halogens is 1. The van der Waals surface area contributed by atoms with Crippen molar-refractivity contribution in [3.05, 3.63) is 28.5 Å². The zero-order valence-corrected chi connectivity index (χ0v) is 8.01. The molecular formula is C10H11ClN2. The number of hydrogen-bond donors (Lipinski definition) is 1. The van der Waals surface area contributed by atoms with Crippen molar-refractivity contribution in [2.24, 2.45) is 11.7 Å². The fourth-order valence-corrected chi connectivity index (χ4v) is 2.96. The van der Waals surface area contributed by atoms with Crippen LogP contribution >= 0.6 is 11.6 Å². The summed E-state index contributed by atoms with van der Waals surface area (Å²) < 4.78 is 0. The smallest absolute Gasteiger partial charge is 0.0624 e. The van der Waals surface area contributed by atoms with Gasteiger partial charge in [0.1, 0.15) is 0 Å². The van der Waals surface area contributed by atoms with Crippen molar-refractivity contribution < 1.29 is 0 Å². The van der Waals surface area contributed by atoms with E-state index in [-0.39, 0.29) is 5.54 Å². The Morgan fingerprint density at radius 3 is 2.92 bits per heavy atom. The Labute approximate surface area is 82.1 Å². The summed E-state index contributed by atoms with van der Waals surface area (Å²) in [6.45, 7) is 0. The van der Waals surface area contributed by atoms with Crippen LogP contribution in [0, 0.1) is 5.92 Å². The van der Waals surface area contributed by atoms with Gasteiger partial charge in [-0.2, -0.15) is 0 Å². The van der Waals surface area contributed by atoms with Crippen LogP contribution in [0.25, 0.3) is 0 Å². The van der Waals surface area contributed by atoms with Gasteiger partial charge < -0.3 is 5.73 Å². The minimum atomic E-state index is -0.101. The van der Waals surface area contributed by atoms with E-state index in [0.29, 0.717) is 0 Å². The summed E-state index contributed by atoms with van der Waals surface area (Å²) in [6, 6.07) is 0. The maximum atomic E-state index is 6.23. The molecule has 1 aromatic rings. The minimum Gasteiger partial charge on any atom is -0.321 e. The fraction of sp³-hybridized carbons (Fsp3) is 0.500. The topological polar surface area (TPSA) is 38.9 Å². The molecular weight excluding hydrogens is 184 g/mol. The Bertz CT molecular complexity index is 369. The van der Waals surface area contributed by atoms with Gasteiger partial charge in [-0.25, -0.2) is 0 Å². The quantitative estimate of drug-likeness (QED) is 0.685. The normalized spacial score (nSPS) is 35.1.